The lowest BCUT2D eigenvalue weighted by Gasteiger charge is -2.19. The van der Waals surface area contributed by atoms with E-state index in [-0.39, 0.29) is 24.0 Å². The van der Waals surface area contributed by atoms with E-state index in [1.807, 2.05) is 0 Å². The van der Waals surface area contributed by atoms with Gasteiger partial charge < -0.3 is 9.84 Å². The molecule has 19 heavy (non-hydrogen) atoms. The Hall–Kier alpha value is -1.33. The van der Waals surface area contributed by atoms with Crippen LogP contribution in [0.3, 0.4) is 0 Å². The van der Waals surface area contributed by atoms with Crippen LogP contribution < -0.4 is 11.3 Å². The maximum atomic E-state index is 12.1. The van der Waals surface area contributed by atoms with Crippen molar-refractivity contribution in [2.45, 2.75) is 11.0 Å². The largest absolute Gasteiger partial charge is 0.389 e. The average Bonchev–Trinajstić information content (AvgIpc) is 2.39. The van der Waals surface area contributed by atoms with Crippen molar-refractivity contribution >= 4 is 16.0 Å². The Morgan fingerprint density at radius 1 is 1.53 bits per heavy atom. The number of hydrogen-bond donors (Lipinski definition) is 3. The number of nitrogens with one attached hydrogen (secondary N) is 1. The molecule has 4 N–H and O–H groups in total. The Labute approximate surface area is 111 Å². The Kier molecular flexibility index (Phi) is 5.57. The van der Waals surface area contributed by atoms with Crippen molar-refractivity contribution in [3.05, 3.63) is 12.4 Å². The quantitative estimate of drug-likeness (QED) is 0.404. The lowest BCUT2D eigenvalue weighted by Crippen LogP contribution is -2.36. The van der Waals surface area contributed by atoms with Gasteiger partial charge in [0.1, 0.15) is 4.90 Å². The number of aromatic nitrogens is 2. The zero-order chi connectivity index (χ0) is 14.5. The smallest absolute Gasteiger partial charge is 0.245 e. The number of likely N-dealkylation sites (N-methyl/N-ethyl adjacent to an activating group) is 1. The van der Waals surface area contributed by atoms with Crippen molar-refractivity contribution in [2.24, 2.45) is 5.84 Å². The molecular formula is C9H17N5O4S. The number of nitrogen functional groups attached to an aromatic ring is 1. The number of sulfonamides is 1. The second kappa shape index (κ2) is 6.73. The minimum absolute atomic E-state index is 0.0480. The molecule has 9 nitrogen and oxygen atoms in total. The summed E-state index contributed by atoms with van der Waals surface area (Å²) < 4.78 is 30.0. The SMILES string of the molecule is COCC(O)CN(C)S(=O)(=O)c1cnc(NN)nc1. The van der Waals surface area contributed by atoms with E-state index in [0.717, 1.165) is 16.7 Å². The second-order valence-electron chi connectivity index (χ2n) is 3.78. The molecule has 0 aromatic carbocycles. The number of anilines is 1. The lowest BCUT2D eigenvalue weighted by atomic mass is 10.4. The summed E-state index contributed by atoms with van der Waals surface area (Å²) in [6, 6.07) is 0. The third kappa shape index (κ3) is 4.08. The van der Waals surface area contributed by atoms with E-state index in [4.69, 9.17) is 10.6 Å². The number of aliphatic hydroxyl groups is 1. The topological polar surface area (TPSA) is 131 Å². The van der Waals surface area contributed by atoms with Gasteiger partial charge in [-0.3, -0.25) is 5.43 Å². The first-order valence-corrected chi connectivity index (χ1v) is 6.77. The number of ether oxygens (including phenoxy) is 1. The zero-order valence-electron chi connectivity index (χ0n) is 10.6. The van der Waals surface area contributed by atoms with Crippen molar-refractivity contribution in [3.8, 4) is 0 Å². The Balaban J connectivity index is 2.83. The Morgan fingerprint density at radius 2 is 2.11 bits per heavy atom. The summed E-state index contributed by atoms with van der Waals surface area (Å²) in [7, 11) is -0.982. The average molecular weight is 291 g/mol. The van der Waals surface area contributed by atoms with Crippen LogP contribution in [0.2, 0.25) is 0 Å². The highest BCUT2D eigenvalue weighted by Gasteiger charge is 2.23. The van der Waals surface area contributed by atoms with Gasteiger partial charge in [-0.1, -0.05) is 0 Å². The summed E-state index contributed by atoms with van der Waals surface area (Å²) in [6.07, 6.45) is 1.36. The molecule has 0 bridgehead atoms. The van der Waals surface area contributed by atoms with E-state index in [9.17, 15) is 13.5 Å². The molecule has 0 saturated carbocycles. The van der Waals surface area contributed by atoms with E-state index in [1.165, 1.54) is 14.2 Å². The van der Waals surface area contributed by atoms with Crippen LogP contribution in [0.15, 0.2) is 17.3 Å². The van der Waals surface area contributed by atoms with Crippen LogP contribution in [0, 0.1) is 0 Å². The minimum Gasteiger partial charge on any atom is -0.389 e. The summed E-state index contributed by atoms with van der Waals surface area (Å²) in [5.74, 6) is 5.20. The van der Waals surface area contributed by atoms with Gasteiger partial charge in [0.25, 0.3) is 0 Å². The number of rotatable bonds is 7. The Morgan fingerprint density at radius 3 is 2.58 bits per heavy atom. The van der Waals surface area contributed by atoms with Gasteiger partial charge in [0.15, 0.2) is 0 Å². The van der Waals surface area contributed by atoms with Crippen LogP contribution in [-0.2, 0) is 14.8 Å². The molecule has 10 heteroatoms. The summed E-state index contributed by atoms with van der Waals surface area (Å²) in [4.78, 5) is 7.36. The highest BCUT2D eigenvalue weighted by atomic mass is 32.2. The number of aliphatic hydroxyl groups excluding tert-OH is 1. The highest BCUT2D eigenvalue weighted by molar-refractivity contribution is 7.89. The molecule has 0 aliphatic carbocycles. The molecule has 108 valence electrons. The fourth-order valence-electron chi connectivity index (χ4n) is 1.34. The van der Waals surface area contributed by atoms with Gasteiger partial charge in [0.2, 0.25) is 16.0 Å². The standard InChI is InChI=1S/C9H17N5O4S/c1-14(5-7(15)6-18-2)19(16,17)8-3-11-9(13-10)12-4-8/h3-4,7,15H,5-6,10H2,1-2H3,(H,11,12,13). The summed E-state index contributed by atoms with van der Waals surface area (Å²) in [6.45, 7) is -0.0422. The zero-order valence-corrected chi connectivity index (χ0v) is 11.5. The maximum Gasteiger partial charge on any atom is 0.245 e. The first-order valence-electron chi connectivity index (χ1n) is 5.33. The maximum absolute atomic E-state index is 12.1. The predicted molar refractivity (Wildman–Crippen MR) is 67.5 cm³/mol. The van der Waals surface area contributed by atoms with Gasteiger partial charge in [0, 0.05) is 20.7 Å². The summed E-state index contributed by atoms with van der Waals surface area (Å²) in [5, 5.41) is 9.52. The molecule has 0 aliphatic heterocycles. The number of methoxy groups -OCH3 is 1. The second-order valence-corrected chi connectivity index (χ2v) is 5.83. The van der Waals surface area contributed by atoms with Crippen molar-refractivity contribution in [1.29, 1.82) is 0 Å². The third-order valence-electron chi connectivity index (χ3n) is 2.29. The van der Waals surface area contributed by atoms with Crippen LogP contribution in [0.4, 0.5) is 5.95 Å². The van der Waals surface area contributed by atoms with Crippen molar-refractivity contribution < 1.29 is 18.3 Å². The van der Waals surface area contributed by atoms with Crippen molar-refractivity contribution in [3.63, 3.8) is 0 Å². The predicted octanol–water partition coefficient (Wildman–Crippen LogP) is -1.61. The molecule has 0 fully saturated rings. The molecule has 1 rings (SSSR count). The van der Waals surface area contributed by atoms with Gasteiger partial charge >= 0.3 is 0 Å². The number of hydrazine groups is 1. The molecule has 0 radical (unpaired) electrons. The van der Waals surface area contributed by atoms with Crippen LogP contribution in [0.5, 0.6) is 0 Å². The van der Waals surface area contributed by atoms with Crippen molar-refractivity contribution in [1.82, 2.24) is 14.3 Å². The molecule has 1 heterocycles. The van der Waals surface area contributed by atoms with E-state index in [0.29, 0.717) is 0 Å². The van der Waals surface area contributed by atoms with Crippen LogP contribution >= 0.6 is 0 Å². The molecule has 0 spiro atoms. The monoisotopic (exact) mass is 291 g/mol. The first kappa shape index (κ1) is 15.7. The molecule has 1 aromatic heterocycles. The number of nitrogens with two attached hydrogens (primary N) is 1. The fourth-order valence-corrected chi connectivity index (χ4v) is 2.44. The van der Waals surface area contributed by atoms with E-state index < -0.39 is 16.1 Å². The van der Waals surface area contributed by atoms with Crippen LogP contribution in [0.25, 0.3) is 0 Å². The molecule has 1 aromatic rings. The van der Waals surface area contributed by atoms with Gasteiger partial charge in [-0.15, -0.1) is 0 Å². The van der Waals surface area contributed by atoms with Crippen LogP contribution in [-0.4, -0.2) is 61.2 Å². The van der Waals surface area contributed by atoms with Crippen LogP contribution in [0.1, 0.15) is 0 Å². The normalized spacial score (nSPS) is 13.5. The molecule has 1 unspecified atom stereocenters. The molecule has 0 saturated heterocycles. The molecular weight excluding hydrogens is 274 g/mol. The lowest BCUT2D eigenvalue weighted by molar-refractivity contribution is 0.0554. The minimum atomic E-state index is -3.75. The van der Waals surface area contributed by atoms with Gasteiger partial charge in [-0.2, -0.15) is 4.31 Å². The summed E-state index contributed by atoms with van der Waals surface area (Å²) >= 11 is 0. The molecule has 1 atom stereocenters. The van der Waals surface area contributed by atoms with Crippen molar-refractivity contribution in [2.75, 3.05) is 32.7 Å². The molecule has 0 amide bonds. The highest BCUT2D eigenvalue weighted by Crippen LogP contribution is 2.13. The third-order valence-corrected chi connectivity index (χ3v) is 4.07. The first-order chi connectivity index (χ1) is 8.91. The van der Waals surface area contributed by atoms with E-state index in [1.54, 1.807) is 0 Å². The van der Waals surface area contributed by atoms with E-state index in [2.05, 4.69) is 15.4 Å². The van der Waals surface area contributed by atoms with E-state index >= 15 is 0 Å². The van der Waals surface area contributed by atoms with Gasteiger partial charge in [-0.25, -0.2) is 24.2 Å². The fraction of sp³-hybridized carbons (Fsp3) is 0.556. The number of hydrogen-bond acceptors (Lipinski definition) is 8. The molecule has 0 aliphatic rings. The van der Waals surface area contributed by atoms with Gasteiger partial charge in [-0.05, 0) is 0 Å². The summed E-state index contributed by atoms with van der Waals surface area (Å²) in [5.41, 5.74) is 2.20. The van der Waals surface area contributed by atoms with Gasteiger partial charge in [0.05, 0.1) is 25.1 Å². The Bertz CT molecular complexity index is 492. The number of nitrogens with zero attached hydrogens (tertiary/aromatic N) is 3.